The van der Waals surface area contributed by atoms with E-state index in [-0.39, 0.29) is 6.04 Å². The highest BCUT2D eigenvalue weighted by molar-refractivity contribution is 14.1. The molecule has 0 saturated carbocycles. The Hall–Kier alpha value is -0.490. The standard InChI is InChI=1S/C16H16Cl2INO/c1-3-21-15-9-12(17)11(8-13(15)18)16(20-2)10-6-4-5-7-14(10)19/h4-9,16,20H,3H2,1-2H3. The summed E-state index contributed by atoms with van der Waals surface area (Å²) in [4.78, 5) is 0. The lowest BCUT2D eigenvalue weighted by Crippen LogP contribution is -2.19. The summed E-state index contributed by atoms with van der Waals surface area (Å²) in [6.07, 6.45) is 0. The highest BCUT2D eigenvalue weighted by Crippen LogP contribution is 2.37. The van der Waals surface area contributed by atoms with Gasteiger partial charge in [0.25, 0.3) is 0 Å². The molecule has 0 amide bonds. The van der Waals surface area contributed by atoms with E-state index >= 15 is 0 Å². The molecule has 0 saturated heterocycles. The van der Waals surface area contributed by atoms with Gasteiger partial charge in [0.2, 0.25) is 0 Å². The van der Waals surface area contributed by atoms with Gasteiger partial charge in [-0.2, -0.15) is 0 Å². The van der Waals surface area contributed by atoms with Crippen LogP contribution in [-0.4, -0.2) is 13.7 Å². The molecule has 0 radical (unpaired) electrons. The van der Waals surface area contributed by atoms with Crippen LogP contribution in [0, 0.1) is 3.57 Å². The minimum Gasteiger partial charge on any atom is -0.492 e. The normalized spacial score (nSPS) is 12.2. The van der Waals surface area contributed by atoms with Crippen molar-refractivity contribution < 1.29 is 4.74 Å². The van der Waals surface area contributed by atoms with Crippen LogP contribution < -0.4 is 10.1 Å². The molecule has 0 aliphatic rings. The Kier molecular flexibility index (Phi) is 6.17. The lowest BCUT2D eigenvalue weighted by atomic mass is 9.98. The van der Waals surface area contributed by atoms with Gasteiger partial charge in [-0.05, 0) is 59.8 Å². The van der Waals surface area contributed by atoms with Crippen molar-refractivity contribution >= 4 is 45.8 Å². The van der Waals surface area contributed by atoms with Crippen LogP contribution in [-0.2, 0) is 0 Å². The molecule has 0 spiro atoms. The van der Waals surface area contributed by atoms with Gasteiger partial charge in [-0.1, -0.05) is 41.4 Å². The number of halogens is 3. The maximum absolute atomic E-state index is 6.43. The molecular formula is C16H16Cl2INO. The largest absolute Gasteiger partial charge is 0.492 e. The van der Waals surface area contributed by atoms with Crippen molar-refractivity contribution in [1.29, 1.82) is 0 Å². The van der Waals surface area contributed by atoms with Crippen LogP contribution in [0.1, 0.15) is 24.1 Å². The lowest BCUT2D eigenvalue weighted by Gasteiger charge is -2.21. The van der Waals surface area contributed by atoms with Gasteiger partial charge in [0.15, 0.2) is 0 Å². The Morgan fingerprint density at radius 2 is 1.86 bits per heavy atom. The van der Waals surface area contributed by atoms with E-state index in [1.165, 1.54) is 9.13 Å². The summed E-state index contributed by atoms with van der Waals surface area (Å²) in [5, 5.41) is 4.52. The van der Waals surface area contributed by atoms with Gasteiger partial charge < -0.3 is 10.1 Å². The van der Waals surface area contributed by atoms with Crippen LogP contribution >= 0.6 is 45.8 Å². The third-order valence-corrected chi connectivity index (χ3v) is 4.77. The third-order valence-electron chi connectivity index (χ3n) is 3.17. The van der Waals surface area contributed by atoms with Gasteiger partial charge >= 0.3 is 0 Å². The van der Waals surface area contributed by atoms with E-state index < -0.39 is 0 Å². The molecule has 0 aliphatic carbocycles. The van der Waals surface area contributed by atoms with Crippen LogP contribution in [0.15, 0.2) is 36.4 Å². The second-order valence-corrected chi connectivity index (χ2v) is 6.46. The van der Waals surface area contributed by atoms with E-state index in [9.17, 15) is 0 Å². The molecule has 2 nitrogen and oxygen atoms in total. The van der Waals surface area contributed by atoms with Crippen LogP contribution in [0.4, 0.5) is 0 Å². The molecule has 0 aromatic heterocycles. The fourth-order valence-corrected chi connectivity index (χ4v) is 3.41. The van der Waals surface area contributed by atoms with Crippen LogP contribution in [0.2, 0.25) is 10.0 Å². The molecule has 21 heavy (non-hydrogen) atoms. The molecule has 112 valence electrons. The smallest absolute Gasteiger partial charge is 0.139 e. The minimum atomic E-state index is -0.0150. The van der Waals surface area contributed by atoms with Gasteiger partial charge in [-0.15, -0.1) is 0 Å². The third kappa shape index (κ3) is 3.83. The van der Waals surface area contributed by atoms with Crippen molar-refractivity contribution in [2.75, 3.05) is 13.7 Å². The fraction of sp³-hybridized carbons (Fsp3) is 0.250. The van der Waals surface area contributed by atoms with E-state index in [2.05, 4.69) is 40.0 Å². The maximum atomic E-state index is 6.43. The molecule has 0 aliphatic heterocycles. The second-order valence-electron chi connectivity index (χ2n) is 4.48. The van der Waals surface area contributed by atoms with Crippen molar-refractivity contribution in [3.8, 4) is 5.75 Å². The van der Waals surface area contributed by atoms with Gasteiger partial charge in [0, 0.05) is 14.7 Å². The van der Waals surface area contributed by atoms with Gasteiger partial charge in [-0.25, -0.2) is 0 Å². The average molecular weight is 436 g/mol. The highest BCUT2D eigenvalue weighted by atomic mass is 127. The Balaban J connectivity index is 2.48. The van der Waals surface area contributed by atoms with Gasteiger partial charge in [-0.3, -0.25) is 0 Å². The molecule has 2 aromatic rings. The van der Waals surface area contributed by atoms with Crippen LogP contribution in [0.5, 0.6) is 5.75 Å². The molecule has 5 heteroatoms. The van der Waals surface area contributed by atoms with E-state index in [0.717, 1.165) is 5.56 Å². The molecule has 1 atom stereocenters. The Labute approximate surface area is 148 Å². The zero-order chi connectivity index (χ0) is 15.4. The zero-order valence-corrected chi connectivity index (χ0v) is 15.5. The summed E-state index contributed by atoms with van der Waals surface area (Å²) < 4.78 is 6.65. The fourth-order valence-electron chi connectivity index (χ4n) is 2.22. The first-order valence-electron chi connectivity index (χ1n) is 6.61. The van der Waals surface area contributed by atoms with Crippen molar-refractivity contribution in [2.24, 2.45) is 0 Å². The number of hydrogen-bond acceptors (Lipinski definition) is 2. The van der Waals surface area contributed by atoms with Crippen molar-refractivity contribution in [2.45, 2.75) is 13.0 Å². The predicted molar refractivity (Wildman–Crippen MR) is 97.7 cm³/mol. The van der Waals surface area contributed by atoms with E-state index in [4.69, 9.17) is 27.9 Å². The molecule has 2 aromatic carbocycles. The van der Waals surface area contributed by atoms with Crippen molar-refractivity contribution in [3.63, 3.8) is 0 Å². The maximum Gasteiger partial charge on any atom is 0.139 e. The summed E-state index contributed by atoms with van der Waals surface area (Å²) >= 11 is 15.1. The number of rotatable bonds is 5. The summed E-state index contributed by atoms with van der Waals surface area (Å²) in [5.41, 5.74) is 2.11. The van der Waals surface area contributed by atoms with E-state index in [0.29, 0.717) is 22.4 Å². The first-order chi connectivity index (χ1) is 10.1. The zero-order valence-electron chi connectivity index (χ0n) is 11.8. The summed E-state index contributed by atoms with van der Waals surface area (Å²) in [5.74, 6) is 0.616. The average Bonchev–Trinajstić information content (AvgIpc) is 2.46. The molecule has 0 heterocycles. The molecule has 1 N–H and O–H groups in total. The minimum absolute atomic E-state index is 0.0150. The van der Waals surface area contributed by atoms with Crippen LogP contribution in [0.25, 0.3) is 0 Å². The van der Waals surface area contributed by atoms with E-state index in [1.807, 2.05) is 32.2 Å². The number of benzene rings is 2. The topological polar surface area (TPSA) is 21.3 Å². The highest BCUT2D eigenvalue weighted by Gasteiger charge is 2.19. The van der Waals surface area contributed by atoms with Gasteiger partial charge in [0.1, 0.15) is 5.75 Å². The number of nitrogens with one attached hydrogen (secondary N) is 1. The molecule has 0 bridgehead atoms. The Morgan fingerprint density at radius 3 is 2.48 bits per heavy atom. The Bertz CT molecular complexity index is 634. The first-order valence-corrected chi connectivity index (χ1v) is 8.45. The number of ether oxygens (including phenoxy) is 1. The monoisotopic (exact) mass is 435 g/mol. The van der Waals surface area contributed by atoms with Crippen LogP contribution in [0.3, 0.4) is 0 Å². The SMILES string of the molecule is CCOc1cc(Cl)c(C(NC)c2ccccc2I)cc1Cl. The van der Waals surface area contributed by atoms with Crippen molar-refractivity contribution in [3.05, 3.63) is 61.1 Å². The molecule has 1 unspecified atom stereocenters. The second kappa shape index (κ2) is 7.68. The Morgan fingerprint density at radius 1 is 1.14 bits per heavy atom. The van der Waals surface area contributed by atoms with Gasteiger partial charge in [0.05, 0.1) is 17.7 Å². The predicted octanol–water partition coefficient (Wildman–Crippen LogP) is 5.31. The number of hydrogen-bond donors (Lipinski definition) is 1. The summed E-state index contributed by atoms with van der Waals surface area (Å²) in [6, 6.07) is 11.8. The first kappa shape index (κ1) is 16.9. The molecular weight excluding hydrogens is 420 g/mol. The quantitative estimate of drug-likeness (QED) is 0.643. The van der Waals surface area contributed by atoms with E-state index in [1.54, 1.807) is 6.07 Å². The molecule has 0 fully saturated rings. The summed E-state index contributed by atoms with van der Waals surface area (Å²) in [6.45, 7) is 2.47. The lowest BCUT2D eigenvalue weighted by molar-refractivity contribution is 0.340. The summed E-state index contributed by atoms with van der Waals surface area (Å²) in [7, 11) is 1.91. The molecule has 2 rings (SSSR count). The van der Waals surface area contributed by atoms with Crippen molar-refractivity contribution in [1.82, 2.24) is 5.32 Å².